The number of Topliss-reactive ketones (excluding diaryl/α,β-unsaturated/α-hetero) is 1. The van der Waals surface area contributed by atoms with Crippen molar-refractivity contribution < 1.29 is 14.7 Å². The predicted molar refractivity (Wildman–Crippen MR) is 116 cm³/mol. The molecule has 1 saturated heterocycles. The van der Waals surface area contributed by atoms with E-state index >= 15 is 0 Å². The molecule has 1 fully saturated rings. The van der Waals surface area contributed by atoms with Gasteiger partial charge in [-0.05, 0) is 57.3 Å². The Bertz CT molecular complexity index is 1200. The smallest absolute Gasteiger partial charge is 0.295 e. The molecular formula is C23H25N5O3. The van der Waals surface area contributed by atoms with Gasteiger partial charge in [0.15, 0.2) is 5.76 Å². The lowest BCUT2D eigenvalue weighted by molar-refractivity contribution is -0.140. The van der Waals surface area contributed by atoms with Gasteiger partial charge < -0.3 is 14.9 Å². The number of ketones is 1. The van der Waals surface area contributed by atoms with Crippen LogP contribution in [0.25, 0.3) is 11.4 Å². The van der Waals surface area contributed by atoms with Crippen LogP contribution in [0.1, 0.15) is 28.6 Å². The number of amides is 1. The quantitative estimate of drug-likeness (QED) is 0.388. The lowest BCUT2D eigenvalue weighted by Crippen LogP contribution is -2.35. The SMILES string of the molecule is Cc1nc2c(C)cccn2c1C(O)=C1C(=O)C(=O)N(CCN(C)C)[C@H]1c1ccncc1. The number of aliphatic hydroxyl groups excluding tert-OH is 1. The van der Waals surface area contributed by atoms with Gasteiger partial charge in [0.1, 0.15) is 11.3 Å². The van der Waals surface area contributed by atoms with Crippen LogP contribution in [0.5, 0.6) is 0 Å². The number of likely N-dealkylation sites (N-methyl/N-ethyl adjacent to an activating group) is 1. The molecule has 1 amide bonds. The van der Waals surface area contributed by atoms with Gasteiger partial charge in [0, 0.05) is 31.7 Å². The highest BCUT2D eigenvalue weighted by atomic mass is 16.3. The Morgan fingerprint density at radius 2 is 1.87 bits per heavy atom. The molecule has 8 heteroatoms. The van der Waals surface area contributed by atoms with Crippen molar-refractivity contribution in [3.63, 3.8) is 0 Å². The van der Waals surface area contributed by atoms with Gasteiger partial charge in [0.05, 0.1) is 17.3 Å². The summed E-state index contributed by atoms with van der Waals surface area (Å²) in [4.78, 5) is 38.2. The van der Waals surface area contributed by atoms with Crippen LogP contribution in [-0.2, 0) is 9.59 Å². The fraction of sp³-hybridized carbons (Fsp3) is 0.304. The first kappa shape index (κ1) is 20.7. The van der Waals surface area contributed by atoms with Gasteiger partial charge in [0.2, 0.25) is 0 Å². The number of aliphatic hydroxyl groups is 1. The van der Waals surface area contributed by atoms with E-state index in [9.17, 15) is 14.7 Å². The van der Waals surface area contributed by atoms with E-state index in [0.29, 0.717) is 30.1 Å². The summed E-state index contributed by atoms with van der Waals surface area (Å²) in [6, 6.07) is 6.62. The van der Waals surface area contributed by atoms with Crippen molar-refractivity contribution in [2.75, 3.05) is 27.2 Å². The summed E-state index contributed by atoms with van der Waals surface area (Å²) in [6.45, 7) is 4.66. The second-order valence-corrected chi connectivity index (χ2v) is 8.01. The Hall–Kier alpha value is -3.52. The Balaban J connectivity index is 1.94. The van der Waals surface area contributed by atoms with E-state index in [0.717, 1.165) is 11.1 Å². The highest BCUT2D eigenvalue weighted by Gasteiger charge is 2.46. The zero-order valence-electron chi connectivity index (χ0n) is 18.0. The van der Waals surface area contributed by atoms with Crippen LogP contribution < -0.4 is 0 Å². The normalized spacial score (nSPS) is 18.5. The van der Waals surface area contributed by atoms with E-state index in [1.807, 2.05) is 38.1 Å². The highest BCUT2D eigenvalue weighted by molar-refractivity contribution is 6.46. The highest BCUT2D eigenvalue weighted by Crippen LogP contribution is 2.39. The number of hydrogen-bond donors (Lipinski definition) is 1. The van der Waals surface area contributed by atoms with Crippen LogP contribution >= 0.6 is 0 Å². The molecular weight excluding hydrogens is 394 g/mol. The summed E-state index contributed by atoms with van der Waals surface area (Å²) >= 11 is 0. The van der Waals surface area contributed by atoms with Gasteiger partial charge in [-0.3, -0.25) is 19.0 Å². The summed E-state index contributed by atoms with van der Waals surface area (Å²) in [5, 5.41) is 11.4. The van der Waals surface area contributed by atoms with E-state index in [1.54, 1.807) is 42.0 Å². The maximum atomic E-state index is 13.1. The minimum atomic E-state index is -0.697. The minimum Gasteiger partial charge on any atom is -0.505 e. The number of imidazole rings is 1. The van der Waals surface area contributed by atoms with Crippen LogP contribution in [0.4, 0.5) is 0 Å². The molecule has 0 spiro atoms. The number of aromatic nitrogens is 3. The van der Waals surface area contributed by atoms with Crippen molar-refractivity contribution in [2.45, 2.75) is 19.9 Å². The van der Waals surface area contributed by atoms with Gasteiger partial charge in [0.25, 0.3) is 11.7 Å². The van der Waals surface area contributed by atoms with Crippen molar-refractivity contribution in [2.24, 2.45) is 0 Å². The Labute approximate surface area is 180 Å². The number of carbonyl (C=O) groups excluding carboxylic acids is 2. The summed E-state index contributed by atoms with van der Waals surface area (Å²) in [5.41, 5.74) is 3.44. The van der Waals surface area contributed by atoms with Gasteiger partial charge >= 0.3 is 0 Å². The van der Waals surface area contributed by atoms with Gasteiger partial charge in [-0.15, -0.1) is 0 Å². The summed E-state index contributed by atoms with van der Waals surface area (Å²) in [5.74, 6) is -1.53. The van der Waals surface area contributed by atoms with Crippen LogP contribution in [0, 0.1) is 13.8 Å². The summed E-state index contributed by atoms with van der Waals surface area (Å²) in [6.07, 6.45) is 5.02. The second-order valence-electron chi connectivity index (χ2n) is 8.01. The van der Waals surface area contributed by atoms with Crippen molar-refractivity contribution in [1.82, 2.24) is 24.2 Å². The number of nitrogens with zero attached hydrogens (tertiary/aromatic N) is 5. The molecule has 4 heterocycles. The minimum absolute atomic E-state index is 0.0707. The molecule has 0 saturated carbocycles. The molecule has 1 atom stereocenters. The average molecular weight is 419 g/mol. The third kappa shape index (κ3) is 3.48. The number of hydrogen-bond acceptors (Lipinski definition) is 6. The number of likely N-dealkylation sites (tertiary alicyclic amines) is 1. The zero-order valence-corrected chi connectivity index (χ0v) is 18.0. The number of carbonyl (C=O) groups is 2. The lowest BCUT2D eigenvalue weighted by atomic mass is 9.97. The standard InChI is InChI=1S/C23H25N5O3/c1-14-6-5-11-27-18(15(2)25-22(14)27)20(29)17-19(16-7-9-24-10-8-16)28(13-12-26(3)4)23(31)21(17)30/h5-11,19,29H,12-13H2,1-4H3/t19-/m0/s1. The topological polar surface area (TPSA) is 91.0 Å². The second kappa shape index (κ2) is 7.96. The largest absolute Gasteiger partial charge is 0.505 e. The molecule has 4 rings (SSSR count). The first-order valence-electron chi connectivity index (χ1n) is 10.1. The summed E-state index contributed by atoms with van der Waals surface area (Å²) in [7, 11) is 3.81. The van der Waals surface area contributed by atoms with Crippen LogP contribution in [0.3, 0.4) is 0 Å². The van der Waals surface area contributed by atoms with E-state index in [2.05, 4.69) is 9.97 Å². The van der Waals surface area contributed by atoms with Gasteiger partial charge in [-0.1, -0.05) is 6.07 Å². The zero-order chi connectivity index (χ0) is 22.3. The molecule has 0 radical (unpaired) electrons. The summed E-state index contributed by atoms with van der Waals surface area (Å²) < 4.78 is 1.76. The first-order valence-corrected chi connectivity index (χ1v) is 10.1. The maximum Gasteiger partial charge on any atom is 0.295 e. The third-order valence-corrected chi connectivity index (χ3v) is 5.59. The van der Waals surface area contributed by atoms with Crippen LogP contribution in [-0.4, -0.2) is 68.2 Å². The molecule has 0 aliphatic carbocycles. The number of pyridine rings is 2. The molecule has 1 aliphatic rings. The van der Waals surface area contributed by atoms with E-state index in [1.165, 1.54) is 4.90 Å². The third-order valence-electron chi connectivity index (χ3n) is 5.59. The number of aryl methyl sites for hydroxylation is 2. The fourth-order valence-electron chi connectivity index (χ4n) is 4.04. The van der Waals surface area contributed by atoms with Gasteiger partial charge in [-0.25, -0.2) is 4.98 Å². The van der Waals surface area contributed by atoms with Crippen molar-refractivity contribution in [3.05, 3.63) is 70.9 Å². The number of fused-ring (bicyclic) bond motifs is 1. The molecule has 3 aromatic heterocycles. The molecule has 0 unspecified atom stereocenters. The van der Waals surface area contributed by atoms with E-state index in [-0.39, 0.29) is 11.3 Å². The Morgan fingerprint density at radius 1 is 1.16 bits per heavy atom. The molecule has 0 aromatic carbocycles. The van der Waals surface area contributed by atoms with Crippen molar-refractivity contribution >= 4 is 23.1 Å². The number of rotatable bonds is 5. The first-order chi connectivity index (χ1) is 14.8. The van der Waals surface area contributed by atoms with Crippen molar-refractivity contribution in [1.29, 1.82) is 0 Å². The monoisotopic (exact) mass is 419 g/mol. The molecule has 1 N–H and O–H groups in total. The molecule has 8 nitrogen and oxygen atoms in total. The predicted octanol–water partition coefficient (Wildman–Crippen LogP) is 2.33. The molecule has 3 aromatic rings. The van der Waals surface area contributed by atoms with E-state index < -0.39 is 17.7 Å². The van der Waals surface area contributed by atoms with Crippen LogP contribution in [0.15, 0.2) is 48.4 Å². The lowest BCUT2D eigenvalue weighted by Gasteiger charge is -2.26. The molecule has 1 aliphatic heterocycles. The van der Waals surface area contributed by atoms with Crippen molar-refractivity contribution in [3.8, 4) is 0 Å². The maximum absolute atomic E-state index is 13.1. The van der Waals surface area contributed by atoms with Crippen LogP contribution in [0.2, 0.25) is 0 Å². The molecule has 0 bridgehead atoms. The van der Waals surface area contributed by atoms with E-state index in [4.69, 9.17) is 0 Å². The fourth-order valence-corrected chi connectivity index (χ4v) is 4.04. The average Bonchev–Trinajstić information content (AvgIpc) is 3.21. The molecule has 160 valence electrons. The molecule has 31 heavy (non-hydrogen) atoms. The Kier molecular flexibility index (Phi) is 5.32. The van der Waals surface area contributed by atoms with Gasteiger partial charge in [-0.2, -0.15) is 0 Å². The Morgan fingerprint density at radius 3 is 2.55 bits per heavy atom.